The van der Waals surface area contributed by atoms with E-state index in [1.54, 1.807) is 0 Å². The van der Waals surface area contributed by atoms with Gasteiger partial charge in [-0.2, -0.15) is 0 Å². The molecule has 0 saturated carbocycles. The first kappa shape index (κ1) is 10.4. The highest BCUT2D eigenvalue weighted by molar-refractivity contribution is 5.80. The van der Waals surface area contributed by atoms with Crippen LogP contribution in [0, 0.1) is 0 Å². The van der Waals surface area contributed by atoms with Crippen LogP contribution < -0.4 is 5.73 Å². The maximum Gasteiger partial charge on any atom is 0.0949 e. The molecule has 0 heterocycles. The van der Waals surface area contributed by atoms with Gasteiger partial charge in [-0.3, -0.25) is 4.99 Å². The van der Waals surface area contributed by atoms with Crippen molar-refractivity contribution in [2.24, 2.45) is 10.7 Å². The van der Waals surface area contributed by atoms with Gasteiger partial charge in [0.1, 0.15) is 0 Å². The second-order valence-electron chi connectivity index (χ2n) is 2.93. The van der Waals surface area contributed by atoms with E-state index in [4.69, 9.17) is 5.73 Å². The van der Waals surface area contributed by atoms with Gasteiger partial charge >= 0.3 is 0 Å². The molecule has 0 aliphatic rings. The second-order valence-corrected chi connectivity index (χ2v) is 2.93. The standard InChI is InChI=1S/C8H19N3/c1-4-6-10-8(9)5-7-11(2)3/h4-7H2,1-3H3,(H2,9,10). The number of nitrogens with zero attached hydrogens (tertiary/aromatic N) is 2. The molecule has 11 heavy (non-hydrogen) atoms. The molecule has 0 amide bonds. The van der Waals surface area contributed by atoms with E-state index in [0.717, 1.165) is 31.8 Å². The van der Waals surface area contributed by atoms with E-state index in [9.17, 15) is 0 Å². The summed E-state index contributed by atoms with van der Waals surface area (Å²) in [4.78, 5) is 6.29. The molecule has 3 heteroatoms. The van der Waals surface area contributed by atoms with Crippen molar-refractivity contribution in [3.63, 3.8) is 0 Å². The summed E-state index contributed by atoms with van der Waals surface area (Å²) in [5.74, 6) is 0.778. The maximum atomic E-state index is 5.63. The summed E-state index contributed by atoms with van der Waals surface area (Å²) in [6.07, 6.45) is 1.95. The summed E-state index contributed by atoms with van der Waals surface area (Å²) in [6.45, 7) is 3.95. The Labute approximate surface area is 69.3 Å². The van der Waals surface area contributed by atoms with Gasteiger partial charge in [0.2, 0.25) is 0 Å². The molecule has 66 valence electrons. The smallest absolute Gasteiger partial charge is 0.0949 e. The summed E-state index contributed by atoms with van der Waals surface area (Å²) < 4.78 is 0. The van der Waals surface area contributed by atoms with Crippen molar-refractivity contribution in [1.82, 2.24) is 4.90 Å². The minimum atomic E-state index is 0.778. The van der Waals surface area contributed by atoms with Gasteiger partial charge in [-0.25, -0.2) is 0 Å². The minimum Gasteiger partial charge on any atom is -0.387 e. The lowest BCUT2D eigenvalue weighted by Crippen LogP contribution is -2.21. The van der Waals surface area contributed by atoms with Gasteiger partial charge in [0.25, 0.3) is 0 Å². The van der Waals surface area contributed by atoms with E-state index >= 15 is 0 Å². The van der Waals surface area contributed by atoms with Gasteiger partial charge < -0.3 is 10.6 Å². The average Bonchev–Trinajstić information content (AvgIpc) is 1.97. The SMILES string of the molecule is CCCN=C(N)CCN(C)C. The van der Waals surface area contributed by atoms with E-state index in [0.29, 0.717) is 0 Å². The summed E-state index contributed by atoms with van der Waals surface area (Å²) in [6, 6.07) is 0. The third-order valence-corrected chi connectivity index (χ3v) is 1.35. The van der Waals surface area contributed by atoms with Crippen LogP contribution in [-0.2, 0) is 0 Å². The summed E-state index contributed by atoms with van der Waals surface area (Å²) >= 11 is 0. The lowest BCUT2D eigenvalue weighted by Gasteiger charge is -2.07. The van der Waals surface area contributed by atoms with Crippen molar-refractivity contribution in [3.8, 4) is 0 Å². The summed E-state index contributed by atoms with van der Waals surface area (Å²) in [7, 11) is 4.07. The molecule has 0 unspecified atom stereocenters. The highest BCUT2D eigenvalue weighted by Crippen LogP contribution is 1.85. The van der Waals surface area contributed by atoms with Crippen LogP contribution in [0.5, 0.6) is 0 Å². The fraction of sp³-hybridized carbons (Fsp3) is 0.875. The molecule has 0 rings (SSSR count). The van der Waals surface area contributed by atoms with Crippen LogP contribution in [0.4, 0.5) is 0 Å². The zero-order valence-electron chi connectivity index (χ0n) is 7.80. The van der Waals surface area contributed by atoms with Crippen molar-refractivity contribution in [2.75, 3.05) is 27.2 Å². The van der Waals surface area contributed by atoms with Crippen LogP contribution in [0.25, 0.3) is 0 Å². The van der Waals surface area contributed by atoms with Gasteiger partial charge in [-0.1, -0.05) is 6.92 Å². The van der Waals surface area contributed by atoms with Gasteiger partial charge in [0.15, 0.2) is 0 Å². The second kappa shape index (κ2) is 6.16. The Balaban J connectivity index is 3.42. The first-order chi connectivity index (χ1) is 5.16. The molecule has 0 aliphatic heterocycles. The molecule has 0 aromatic carbocycles. The first-order valence-corrected chi connectivity index (χ1v) is 4.10. The topological polar surface area (TPSA) is 41.6 Å². The average molecular weight is 157 g/mol. The van der Waals surface area contributed by atoms with Crippen LogP contribution in [0.3, 0.4) is 0 Å². The molecule has 0 fully saturated rings. The van der Waals surface area contributed by atoms with Crippen molar-refractivity contribution in [1.29, 1.82) is 0 Å². The predicted molar refractivity (Wildman–Crippen MR) is 50.0 cm³/mol. The van der Waals surface area contributed by atoms with Crippen LogP contribution in [0.15, 0.2) is 4.99 Å². The number of hydrogen-bond acceptors (Lipinski definition) is 2. The van der Waals surface area contributed by atoms with Crippen molar-refractivity contribution in [3.05, 3.63) is 0 Å². The molecular weight excluding hydrogens is 138 g/mol. The third-order valence-electron chi connectivity index (χ3n) is 1.35. The Kier molecular flexibility index (Phi) is 5.84. The lowest BCUT2D eigenvalue weighted by atomic mass is 10.4. The van der Waals surface area contributed by atoms with Gasteiger partial charge in [0, 0.05) is 19.5 Å². The molecule has 2 N–H and O–H groups in total. The van der Waals surface area contributed by atoms with Crippen LogP contribution in [0.1, 0.15) is 19.8 Å². The molecule has 0 radical (unpaired) electrons. The molecule has 0 atom stereocenters. The van der Waals surface area contributed by atoms with Crippen molar-refractivity contribution >= 4 is 5.84 Å². The van der Waals surface area contributed by atoms with Crippen molar-refractivity contribution in [2.45, 2.75) is 19.8 Å². The predicted octanol–water partition coefficient (Wildman–Crippen LogP) is 0.705. The van der Waals surface area contributed by atoms with E-state index < -0.39 is 0 Å². The third kappa shape index (κ3) is 7.33. The fourth-order valence-electron chi connectivity index (χ4n) is 0.673. The summed E-state index contributed by atoms with van der Waals surface area (Å²) in [5.41, 5.74) is 5.63. The Morgan fingerprint density at radius 3 is 2.55 bits per heavy atom. The number of nitrogens with two attached hydrogens (primary N) is 1. The zero-order chi connectivity index (χ0) is 8.69. The molecule has 0 saturated heterocycles. The van der Waals surface area contributed by atoms with E-state index in [-0.39, 0.29) is 0 Å². The molecule has 0 spiro atoms. The number of amidine groups is 1. The van der Waals surface area contributed by atoms with E-state index in [2.05, 4.69) is 16.8 Å². The highest BCUT2D eigenvalue weighted by Gasteiger charge is 1.93. The van der Waals surface area contributed by atoms with E-state index in [1.807, 2.05) is 14.1 Å². The Morgan fingerprint density at radius 1 is 1.45 bits per heavy atom. The normalized spacial score (nSPS) is 12.5. The maximum absolute atomic E-state index is 5.63. The monoisotopic (exact) mass is 157 g/mol. The Morgan fingerprint density at radius 2 is 2.09 bits per heavy atom. The first-order valence-electron chi connectivity index (χ1n) is 4.10. The number of hydrogen-bond donors (Lipinski definition) is 1. The molecule has 3 nitrogen and oxygen atoms in total. The van der Waals surface area contributed by atoms with Crippen LogP contribution >= 0.6 is 0 Å². The van der Waals surface area contributed by atoms with Gasteiger partial charge in [0.05, 0.1) is 5.84 Å². The molecular formula is C8H19N3. The molecule has 0 aliphatic carbocycles. The molecule has 0 bridgehead atoms. The van der Waals surface area contributed by atoms with Gasteiger partial charge in [-0.15, -0.1) is 0 Å². The highest BCUT2D eigenvalue weighted by atomic mass is 15.1. The summed E-state index contributed by atoms with van der Waals surface area (Å²) in [5, 5.41) is 0. The van der Waals surface area contributed by atoms with Crippen molar-refractivity contribution < 1.29 is 0 Å². The number of rotatable bonds is 5. The van der Waals surface area contributed by atoms with Crippen LogP contribution in [0.2, 0.25) is 0 Å². The zero-order valence-corrected chi connectivity index (χ0v) is 7.80. The van der Waals surface area contributed by atoms with Gasteiger partial charge in [-0.05, 0) is 20.5 Å². The molecule has 0 aromatic rings. The minimum absolute atomic E-state index is 0.778. The Bertz CT molecular complexity index is 119. The van der Waals surface area contributed by atoms with Crippen LogP contribution in [-0.4, -0.2) is 37.9 Å². The lowest BCUT2D eigenvalue weighted by molar-refractivity contribution is 0.421. The Hall–Kier alpha value is -0.570. The van der Waals surface area contributed by atoms with E-state index in [1.165, 1.54) is 0 Å². The number of aliphatic imine (C=N–C) groups is 1. The molecule has 0 aromatic heterocycles. The fourth-order valence-corrected chi connectivity index (χ4v) is 0.673. The largest absolute Gasteiger partial charge is 0.387 e. The quantitative estimate of drug-likeness (QED) is 0.471.